The lowest BCUT2D eigenvalue weighted by Crippen LogP contribution is -2.50. The molecule has 0 atom stereocenters. The molecule has 2 fully saturated rings. The second kappa shape index (κ2) is 11.1. The van der Waals surface area contributed by atoms with Crippen LogP contribution in [0.4, 0.5) is 32.3 Å². The van der Waals surface area contributed by atoms with Crippen molar-refractivity contribution in [3.8, 4) is 17.1 Å². The number of hydrogen-bond acceptors (Lipinski definition) is 8. The highest BCUT2D eigenvalue weighted by atomic mass is 32.2. The highest BCUT2D eigenvalue weighted by Crippen LogP contribution is 2.39. The standard InChI is InChI=1S/C25H27F6N7O3S/c1-42(40,41)38-7-5-16(6-8-38)34-23-32-9-18(24(26,27)28)22(35-23)19-13-37(14-33-19)20-4-2-3-15(21(20)25(29,30)31)10-36-11-17(39)12-36/h2-4,9,13-14,16-17,39H,5-8,10-12H2,1H3,(H,32,34,35). The number of hydrogen-bond donors (Lipinski definition) is 2. The summed E-state index contributed by atoms with van der Waals surface area (Å²) in [6.07, 6.45) is -5.81. The van der Waals surface area contributed by atoms with Gasteiger partial charge in [0.05, 0.1) is 29.9 Å². The average Bonchev–Trinajstić information content (AvgIpc) is 3.36. The molecule has 17 heteroatoms. The van der Waals surface area contributed by atoms with Gasteiger partial charge in [0, 0.05) is 51.2 Å². The lowest BCUT2D eigenvalue weighted by Gasteiger charge is -2.36. The zero-order chi connectivity index (χ0) is 30.4. The summed E-state index contributed by atoms with van der Waals surface area (Å²) in [7, 11) is -3.37. The number of likely N-dealkylation sites (tertiary alicyclic amines) is 1. The number of imidazole rings is 1. The molecule has 0 aliphatic carbocycles. The van der Waals surface area contributed by atoms with E-state index in [0.717, 1.165) is 23.3 Å². The van der Waals surface area contributed by atoms with Crippen LogP contribution in [0.3, 0.4) is 0 Å². The van der Waals surface area contributed by atoms with E-state index in [9.17, 15) is 39.9 Å². The first-order valence-corrected chi connectivity index (χ1v) is 14.7. The van der Waals surface area contributed by atoms with E-state index < -0.39 is 45.3 Å². The van der Waals surface area contributed by atoms with Gasteiger partial charge in [-0.25, -0.2) is 27.7 Å². The Morgan fingerprint density at radius 2 is 1.74 bits per heavy atom. The molecule has 0 saturated carbocycles. The summed E-state index contributed by atoms with van der Waals surface area (Å²) in [5.74, 6) is -0.153. The van der Waals surface area contributed by atoms with Crippen LogP contribution in [0.15, 0.2) is 36.9 Å². The second-order valence-electron chi connectivity index (χ2n) is 10.4. The van der Waals surface area contributed by atoms with E-state index in [-0.39, 0.29) is 61.7 Å². The van der Waals surface area contributed by atoms with Gasteiger partial charge >= 0.3 is 12.4 Å². The van der Waals surface area contributed by atoms with E-state index in [4.69, 9.17) is 0 Å². The molecular weight excluding hydrogens is 592 g/mol. The number of sulfonamides is 1. The molecule has 2 N–H and O–H groups in total. The van der Waals surface area contributed by atoms with Gasteiger partial charge < -0.3 is 15.0 Å². The van der Waals surface area contributed by atoms with E-state index in [0.29, 0.717) is 19.0 Å². The Morgan fingerprint density at radius 3 is 2.33 bits per heavy atom. The second-order valence-corrected chi connectivity index (χ2v) is 12.3. The van der Waals surface area contributed by atoms with Gasteiger partial charge in [-0.3, -0.25) is 4.90 Å². The maximum atomic E-state index is 14.2. The molecule has 0 amide bonds. The van der Waals surface area contributed by atoms with E-state index in [1.807, 2.05) is 0 Å². The summed E-state index contributed by atoms with van der Waals surface area (Å²) in [6, 6.07) is 3.62. The van der Waals surface area contributed by atoms with Crippen molar-refractivity contribution >= 4 is 16.0 Å². The number of aliphatic hydroxyl groups excluding tert-OH is 1. The summed E-state index contributed by atoms with van der Waals surface area (Å²) in [4.78, 5) is 13.4. The zero-order valence-corrected chi connectivity index (χ0v) is 23.0. The topological polar surface area (TPSA) is 116 Å². The van der Waals surface area contributed by atoms with Crippen molar-refractivity contribution in [1.82, 2.24) is 28.7 Å². The largest absolute Gasteiger partial charge is 0.420 e. The first-order valence-electron chi connectivity index (χ1n) is 12.9. The highest BCUT2D eigenvalue weighted by molar-refractivity contribution is 7.88. The number of β-amino-alcohol motifs (C(OH)–C–C–N with tert-alkyl or cyclic N) is 1. The van der Waals surface area contributed by atoms with Gasteiger partial charge in [-0.05, 0) is 24.5 Å². The van der Waals surface area contributed by atoms with Crippen molar-refractivity contribution in [2.75, 3.05) is 37.8 Å². The number of piperidine rings is 1. The number of rotatable bonds is 7. The number of nitrogens with one attached hydrogen (secondary N) is 1. The molecule has 3 aromatic rings. The Kier molecular flexibility index (Phi) is 7.97. The number of aromatic nitrogens is 4. The fourth-order valence-electron chi connectivity index (χ4n) is 5.12. The molecule has 0 bridgehead atoms. The van der Waals surface area contributed by atoms with Crippen LogP contribution in [0.2, 0.25) is 0 Å². The van der Waals surface area contributed by atoms with E-state index in [2.05, 4.69) is 20.3 Å². The van der Waals surface area contributed by atoms with Crippen LogP contribution in [-0.2, 0) is 28.9 Å². The van der Waals surface area contributed by atoms with Gasteiger partial charge in [0.2, 0.25) is 16.0 Å². The van der Waals surface area contributed by atoms with Crippen molar-refractivity contribution in [2.24, 2.45) is 0 Å². The summed E-state index contributed by atoms with van der Waals surface area (Å²) in [5.41, 5.74) is -3.48. The summed E-state index contributed by atoms with van der Waals surface area (Å²) >= 11 is 0. The van der Waals surface area contributed by atoms with Crippen molar-refractivity contribution in [3.63, 3.8) is 0 Å². The van der Waals surface area contributed by atoms with Gasteiger partial charge in [-0.1, -0.05) is 12.1 Å². The highest BCUT2D eigenvalue weighted by Gasteiger charge is 2.39. The first-order chi connectivity index (χ1) is 19.6. The van der Waals surface area contributed by atoms with Gasteiger partial charge in [0.1, 0.15) is 17.0 Å². The van der Waals surface area contributed by atoms with Crippen LogP contribution in [0.5, 0.6) is 0 Å². The normalized spacial score (nSPS) is 18.3. The maximum absolute atomic E-state index is 14.2. The monoisotopic (exact) mass is 619 g/mol. The van der Waals surface area contributed by atoms with Crippen LogP contribution in [0.1, 0.15) is 29.5 Å². The number of anilines is 1. The Bertz CT molecular complexity index is 1550. The van der Waals surface area contributed by atoms with Crippen molar-refractivity contribution in [1.29, 1.82) is 0 Å². The summed E-state index contributed by atoms with van der Waals surface area (Å²) in [5, 5.41) is 12.4. The minimum Gasteiger partial charge on any atom is -0.390 e. The number of alkyl halides is 6. The molecule has 2 aliphatic rings. The Labute approximate surface area is 237 Å². The predicted octanol–water partition coefficient (Wildman–Crippen LogP) is 3.38. The smallest absolute Gasteiger partial charge is 0.390 e. The molecule has 1 aromatic carbocycles. The van der Waals surface area contributed by atoms with Crippen molar-refractivity contribution < 1.29 is 39.9 Å². The van der Waals surface area contributed by atoms with Gasteiger partial charge in [-0.15, -0.1) is 0 Å². The summed E-state index contributed by atoms with van der Waals surface area (Å²) < 4.78 is 110. The Morgan fingerprint density at radius 1 is 1.05 bits per heavy atom. The molecule has 42 heavy (non-hydrogen) atoms. The lowest BCUT2D eigenvalue weighted by molar-refractivity contribution is -0.139. The first kappa shape index (κ1) is 30.2. The zero-order valence-electron chi connectivity index (χ0n) is 22.2. The van der Waals surface area contributed by atoms with Crippen molar-refractivity contribution in [3.05, 3.63) is 53.6 Å². The van der Waals surface area contributed by atoms with Crippen LogP contribution in [0, 0.1) is 0 Å². The van der Waals surface area contributed by atoms with E-state index in [1.54, 1.807) is 4.90 Å². The van der Waals surface area contributed by atoms with Gasteiger partial charge in [0.25, 0.3) is 0 Å². The fraction of sp³-hybridized carbons (Fsp3) is 0.480. The molecule has 2 aliphatic heterocycles. The minimum absolute atomic E-state index is 0.0476. The predicted molar refractivity (Wildman–Crippen MR) is 139 cm³/mol. The van der Waals surface area contributed by atoms with Crippen LogP contribution in [0.25, 0.3) is 17.1 Å². The fourth-order valence-corrected chi connectivity index (χ4v) is 5.99. The molecule has 228 valence electrons. The molecule has 2 aromatic heterocycles. The molecule has 10 nitrogen and oxygen atoms in total. The third-order valence-corrected chi connectivity index (χ3v) is 8.50. The molecule has 4 heterocycles. The number of aliphatic hydroxyl groups is 1. The van der Waals surface area contributed by atoms with Crippen molar-refractivity contribution in [2.45, 2.75) is 43.9 Å². The number of benzene rings is 1. The van der Waals surface area contributed by atoms with Gasteiger partial charge in [0.15, 0.2) is 0 Å². The molecule has 2 saturated heterocycles. The maximum Gasteiger partial charge on any atom is 0.420 e. The van der Waals surface area contributed by atoms with Gasteiger partial charge in [-0.2, -0.15) is 26.3 Å². The van der Waals surface area contributed by atoms with Crippen LogP contribution >= 0.6 is 0 Å². The molecule has 0 spiro atoms. The average molecular weight is 620 g/mol. The van der Waals surface area contributed by atoms with E-state index >= 15 is 0 Å². The number of nitrogens with zero attached hydrogens (tertiary/aromatic N) is 6. The Balaban J connectivity index is 1.46. The number of halogens is 6. The third kappa shape index (κ3) is 6.53. The molecule has 5 rings (SSSR count). The molecule has 0 unspecified atom stereocenters. The summed E-state index contributed by atoms with van der Waals surface area (Å²) in [6.45, 7) is 0.833. The lowest BCUT2D eigenvalue weighted by atomic mass is 10.0. The Hall–Kier alpha value is -3.28. The van der Waals surface area contributed by atoms with Crippen LogP contribution < -0.4 is 5.32 Å². The quantitative estimate of drug-likeness (QED) is 0.387. The minimum atomic E-state index is -4.88. The molecular formula is C25H27F6N7O3S. The third-order valence-electron chi connectivity index (χ3n) is 7.20. The molecule has 0 radical (unpaired) electrons. The van der Waals surface area contributed by atoms with E-state index in [1.165, 1.54) is 22.5 Å². The van der Waals surface area contributed by atoms with Crippen LogP contribution in [-0.4, -0.2) is 86.8 Å². The SMILES string of the molecule is CS(=O)(=O)N1CCC(Nc2ncc(C(F)(F)F)c(-c3cn(-c4cccc(CN5CC(O)C5)c4C(F)(F)F)cn3)n2)CC1.